The molecule has 1 aliphatic carbocycles. The predicted molar refractivity (Wildman–Crippen MR) is 89.7 cm³/mol. The minimum Gasteiger partial charge on any atom is -0.353 e. The molecule has 114 valence electrons. The van der Waals surface area contributed by atoms with E-state index in [0.717, 1.165) is 31.2 Å². The maximum absolute atomic E-state index is 12.6. The van der Waals surface area contributed by atoms with E-state index in [-0.39, 0.29) is 17.4 Å². The number of carbonyl (C=O) groups excluding carboxylic acids is 1. The first-order chi connectivity index (χ1) is 10.7. The monoisotopic (exact) mass is 293 g/mol. The molecule has 2 aromatic rings. The minimum absolute atomic E-state index is 0.194. The van der Waals surface area contributed by atoms with Gasteiger partial charge >= 0.3 is 0 Å². The van der Waals surface area contributed by atoms with Gasteiger partial charge in [0.1, 0.15) is 0 Å². The first-order valence-corrected chi connectivity index (χ1v) is 8.11. The first-order valence-electron chi connectivity index (χ1n) is 8.11. The Morgan fingerprint density at radius 1 is 1.05 bits per heavy atom. The van der Waals surface area contributed by atoms with Gasteiger partial charge in [0.05, 0.1) is 5.41 Å². The SMILES string of the molecule is C[C@H](CCc1ccccc1)NC(=O)C1(c2ccccc2)CC1. The molecule has 0 heterocycles. The standard InChI is InChI=1S/C20H23NO/c1-16(12-13-17-8-4-2-5-9-17)21-19(22)20(14-15-20)18-10-6-3-7-11-18/h2-11,16H,12-15H2,1H3,(H,21,22)/t16-/m1/s1. The summed E-state index contributed by atoms with van der Waals surface area (Å²) in [6.45, 7) is 2.10. The van der Waals surface area contributed by atoms with E-state index in [1.54, 1.807) is 0 Å². The molecule has 2 aromatic carbocycles. The van der Waals surface area contributed by atoms with Crippen LogP contribution in [0.1, 0.15) is 37.3 Å². The number of aryl methyl sites for hydroxylation is 1. The molecular weight excluding hydrogens is 270 g/mol. The summed E-state index contributed by atoms with van der Waals surface area (Å²) in [5.41, 5.74) is 2.22. The molecule has 1 N–H and O–H groups in total. The summed E-state index contributed by atoms with van der Waals surface area (Å²) < 4.78 is 0. The van der Waals surface area contributed by atoms with Crippen LogP contribution in [0.15, 0.2) is 60.7 Å². The van der Waals surface area contributed by atoms with Gasteiger partial charge in [0.25, 0.3) is 0 Å². The second-order valence-corrected chi connectivity index (χ2v) is 6.35. The van der Waals surface area contributed by atoms with E-state index in [0.29, 0.717) is 0 Å². The van der Waals surface area contributed by atoms with Gasteiger partial charge in [-0.25, -0.2) is 0 Å². The van der Waals surface area contributed by atoms with Crippen LogP contribution in [0.3, 0.4) is 0 Å². The van der Waals surface area contributed by atoms with Crippen LogP contribution in [-0.4, -0.2) is 11.9 Å². The first kappa shape index (κ1) is 14.8. The fourth-order valence-corrected chi connectivity index (χ4v) is 2.99. The van der Waals surface area contributed by atoms with Crippen LogP contribution in [0.5, 0.6) is 0 Å². The molecule has 0 saturated heterocycles. The average Bonchev–Trinajstić information content (AvgIpc) is 3.37. The van der Waals surface area contributed by atoms with Crippen LogP contribution in [0.4, 0.5) is 0 Å². The Labute approximate surface area is 132 Å². The normalized spacial score (nSPS) is 16.8. The van der Waals surface area contributed by atoms with Crippen molar-refractivity contribution in [3.05, 3.63) is 71.8 Å². The molecule has 1 fully saturated rings. The topological polar surface area (TPSA) is 29.1 Å². The van der Waals surface area contributed by atoms with Crippen molar-refractivity contribution in [2.75, 3.05) is 0 Å². The smallest absolute Gasteiger partial charge is 0.230 e. The number of amides is 1. The van der Waals surface area contributed by atoms with Gasteiger partial charge in [-0.3, -0.25) is 4.79 Å². The van der Waals surface area contributed by atoms with Crippen LogP contribution in [0.25, 0.3) is 0 Å². The fourth-order valence-electron chi connectivity index (χ4n) is 2.99. The van der Waals surface area contributed by atoms with Crippen molar-refractivity contribution in [3.63, 3.8) is 0 Å². The molecule has 0 spiro atoms. The number of nitrogens with one attached hydrogen (secondary N) is 1. The van der Waals surface area contributed by atoms with Gasteiger partial charge in [-0.1, -0.05) is 60.7 Å². The Balaban J connectivity index is 1.55. The molecule has 0 unspecified atom stereocenters. The van der Waals surface area contributed by atoms with E-state index >= 15 is 0 Å². The highest BCUT2D eigenvalue weighted by Gasteiger charge is 2.51. The van der Waals surface area contributed by atoms with Gasteiger partial charge in [-0.05, 0) is 43.7 Å². The van der Waals surface area contributed by atoms with Gasteiger partial charge < -0.3 is 5.32 Å². The van der Waals surface area contributed by atoms with Crippen molar-refractivity contribution in [2.24, 2.45) is 0 Å². The molecule has 1 atom stereocenters. The largest absolute Gasteiger partial charge is 0.353 e. The Bertz CT molecular complexity index is 617. The van der Waals surface area contributed by atoms with Crippen LogP contribution in [0.2, 0.25) is 0 Å². The third-order valence-corrected chi connectivity index (χ3v) is 4.60. The molecule has 1 amide bonds. The average molecular weight is 293 g/mol. The molecule has 22 heavy (non-hydrogen) atoms. The zero-order chi connectivity index (χ0) is 15.4. The second kappa shape index (κ2) is 6.35. The number of hydrogen-bond donors (Lipinski definition) is 1. The summed E-state index contributed by atoms with van der Waals surface area (Å²) in [4.78, 5) is 12.6. The predicted octanol–water partition coefficient (Wildman–Crippen LogP) is 3.86. The van der Waals surface area contributed by atoms with Crippen LogP contribution >= 0.6 is 0 Å². The molecule has 0 aliphatic heterocycles. The maximum atomic E-state index is 12.6. The third kappa shape index (κ3) is 3.22. The highest BCUT2D eigenvalue weighted by molar-refractivity contribution is 5.91. The Hall–Kier alpha value is -2.09. The highest BCUT2D eigenvalue weighted by atomic mass is 16.2. The van der Waals surface area contributed by atoms with E-state index in [4.69, 9.17) is 0 Å². The molecular formula is C20H23NO. The minimum atomic E-state index is -0.262. The van der Waals surface area contributed by atoms with Gasteiger partial charge in [0.2, 0.25) is 5.91 Å². The van der Waals surface area contributed by atoms with E-state index in [1.807, 2.05) is 24.3 Å². The molecule has 3 rings (SSSR count). The van der Waals surface area contributed by atoms with Crippen LogP contribution in [-0.2, 0) is 16.6 Å². The van der Waals surface area contributed by atoms with Gasteiger partial charge in [-0.15, -0.1) is 0 Å². The molecule has 1 aliphatic rings. The highest BCUT2D eigenvalue weighted by Crippen LogP contribution is 2.48. The Kier molecular flexibility index (Phi) is 4.28. The van der Waals surface area contributed by atoms with Crippen molar-refractivity contribution in [1.29, 1.82) is 0 Å². The van der Waals surface area contributed by atoms with E-state index in [1.165, 1.54) is 5.56 Å². The molecule has 0 bridgehead atoms. The third-order valence-electron chi connectivity index (χ3n) is 4.60. The Morgan fingerprint density at radius 3 is 2.23 bits per heavy atom. The van der Waals surface area contributed by atoms with Crippen molar-refractivity contribution in [1.82, 2.24) is 5.32 Å². The lowest BCUT2D eigenvalue weighted by atomic mass is 9.94. The second-order valence-electron chi connectivity index (χ2n) is 6.35. The number of benzene rings is 2. The van der Waals surface area contributed by atoms with Gasteiger partial charge in [-0.2, -0.15) is 0 Å². The summed E-state index contributed by atoms with van der Waals surface area (Å²) >= 11 is 0. The number of rotatable bonds is 6. The lowest BCUT2D eigenvalue weighted by Crippen LogP contribution is -2.40. The number of carbonyl (C=O) groups is 1. The van der Waals surface area contributed by atoms with E-state index in [2.05, 4.69) is 48.6 Å². The van der Waals surface area contributed by atoms with Crippen molar-refractivity contribution in [3.8, 4) is 0 Å². The molecule has 2 nitrogen and oxygen atoms in total. The maximum Gasteiger partial charge on any atom is 0.230 e. The van der Waals surface area contributed by atoms with Crippen molar-refractivity contribution < 1.29 is 4.79 Å². The van der Waals surface area contributed by atoms with Crippen molar-refractivity contribution >= 4 is 5.91 Å². The Morgan fingerprint density at radius 2 is 1.64 bits per heavy atom. The van der Waals surface area contributed by atoms with Crippen LogP contribution in [0, 0.1) is 0 Å². The molecule has 2 heteroatoms. The zero-order valence-corrected chi connectivity index (χ0v) is 13.1. The lowest BCUT2D eigenvalue weighted by molar-refractivity contribution is -0.124. The lowest BCUT2D eigenvalue weighted by Gasteiger charge is -2.20. The zero-order valence-electron chi connectivity index (χ0n) is 13.1. The fraction of sp³-hybridized carbons (Fsp3) is 0.350. The van der Waals surface area contributed by atoms with Gasteiger partial charge in [0.15, 0.2) is 0 Å². The van der Waals surface area contributed by atoms with E-state index in [9.17, 15) is 4.79 Å². The van der Waals surface area contributed by atoms with Crippen molar-refractivity contribution in [2.45, 2.75) is 44.1 Å². The molecule has 0 aromatic heterocycles. The van der Waals surface area contributed by atoms with E-state index < -0.39 is 0 Å². The summed E-state index contributed by atoms with van der Waals surface area (Å²) in [6, 6.07) is 20.8. The quantitative estimate of drug-likeness (QED) is 0.861. The summed E-state index contributed by atoms with van der Waals surface area (Å²) in [5.74, 6) is 0.194. The van der Waals surface area contributed by atoms with Gasteiger partial charge in [0, 0.05) is 6.04 Å². The molecule has 1 saturated carbocycles. The summed E-state index contributed by atoms with van der Waals surface area (Å²) in [5, 5.41) is 3.21. The summed E-state index contributed by atoms with van der Waals surface area (Å²) in [7, 11) is 0. The molecule has 0 radical (unpaired) electrons. The summed E-state index contributed by atoms with van der Waals surface area (Å²) in [6.07, 6.45) is 3.91. The number of hydrogen-bond acceptors (Lipinski definition) is 1. The van der Waals surface area contributed by atoms with Crippen LogP contribution < -0.4 is 5.32 Å².